The van der Waals surface area contributed by atoms with E-state index in [0.29, 0.717) is 11.0 Å². The molecule has 2 aliphatic heterocycles. The van der Waals surface area contributed by atoms with Gasteiger partial charge in [-0.05, 0) is 39.3 Å². The molecule has 1 saturated heterocycles. The number of anilines is 1. The van der Waals surface area contributed by atoms with Gasteiger partial charge in [-0.2, -0.15) is 0 Å². The zero-order valence-corrected chi connectivity index (χ0v) is 14.6. The van der Waals surface area contributed by atoms with Gasteiger partial charge in [-0.25, -0.2) is 4.98 Å². The number of carbonyl (C=O) groups is 1. The predicted molar refractivity (Wildman–Crippen MR) is 92.1 cm³/mol. The maximum absolute atomic E-state index is 12.4. The number of hydrogen-bond acceptors (Lipinski definition) is 6. The number of nitrogens with zero attached hydrogens (tertiary/aromatic N) is 5. The molecule has 8 heteroatoms. The van der Waals surface area contributed by atoms with Crippen LogP contribution in [0.4, 0.5) is 5.13 Å². The number of amides is 1. The van der Waals surface area contributed by atoms with Crippen LogP contribution in [0.25, 0.3) is 0 Å². The molecule has 4 rings (SSSR count). The van der Waals surface area contributed by atoms with E-state index in [4.69, 9.17) is 0 Å². The van der Waals surface area contributed by atoms with Crippen LogP contribution in [0.1, 0.15) is 43.8 Å². The maximum atomic E-state index is 12.4. The molecule has 1 atom stereocenters. The summed E-state index contributed by atoms with van der Waals surface area (Å²) in [7, 11) is 0. The predicted octanol–water partition coefficient (Wildman–Crippen LogP) is 1.89. The summed E-state index contributed by atoms with van der Waals surface area (Å²) in [6.07, 6.45) is 6.01. The molecule has 2 aromatic heterocycles. The van der Waals surface area contributed by atoms with E-state index in [2.05, 4.69) is 30.0 Å². The Balaban J connectivity index is 1.34. The van der Waals surface area contributed by atoms with Gasteiger partial charge in [-0.3, -0.25) is 9.69 Å². The van der Waals surface area contributed by atoms with Gasteiger partial charge in [0.1, 0.15) is 11.6 Å². The molecule has 1 fully saturated rings. The van der Waals surface area contributed by atoms with Gasteiger partial charge in [0.25, 0.3) is 0 Å². The normalized spacial score (nSPS) is 20.0. The Hall–Kier alpha value is -1.80. The molecule has 0 bridgehead atoms. The summed E-state index contributed by atoms with van der Waals surface area (Å²) >= 11 is 1.45. The maximum Gasteiger partial charge on any atom is 0.243 e. The van der Waals surface area contributed by atoms with Crippen LogP contribution in [0, 0.1) is 0 Å². The van der Waals surface area contributed by atoms with Crippen molar-refractivity contribution in [3.8, 4) is 0 Å². The lowest BCUT2D eigenvalue weighted by atomic mass is 9.95. The minimum Gasteiger partial charge on any atom is -0.315 e. The standard InChI is InChI=1S/C16H22N6OS/c1-11(15(23)18-16-17-6-10-24-16)21-8-4-12(5-9-21)14-20-19-13-3-2-7-22(13)14/h6,10-12H,2-5,7-9H2,1H3,(H,17,18,23). The first-order valence-corrected chi connectivity index (χ1v) is 9.46. The number of aryl methyl sites for hydroxylation is 1. The van der Waals surface area contributed by atoms with Gasteiger partial charge in [0.05, 0.1) is 6.04 Å². The zero-order valence-electron chi connectivity index (χ0n) is 13.8. The molecule has 1 unspecified atom stereocenters. The Morgan fingerprint density at radius 3 is 2.92 bits per heavy atom. The molecule has 4 heterocycles. The van der Waals surface area contributed by atoms with Crippen LogP contribution in [-0.2, 0) is 17.8 Å². The van der Waals surface area contributed by atoms with Crippen molar-refractivity contribution in [3.63, 3.8) is 0 Å². The Bertz CT molecular complexity index is 704. The molecule has 0 spiro atoms. The van der Waals surface area contributed by atoms with Crippen LogP contribution in [0.5, 0.6) is 0 Å². The van der Waals surface area contributed by atoms with Gasteiger partial charge < -0.3 is 9.88 Å². The molecule has 24 heavy (non-hydrogen) atoms. The number of rotatable bonds is 4. The fraction of sp³-hybridized carbons (Fsp3) is 0.625. The van der Waals surface area contributed by atoms with E-state index in [9.17, 15) is 4.79 Å². The largest absolute Gasteiger partial charge is 0.315 e. The first-order chi connectivity index (χ1) is 11.7. The highest BCUT2D eigenvalue weighted by molar-refractivity contribution is 7.13. The number of fused-ring (bicyclic) bond motifs is 1. The molecule has 0 aliphatic carbocycles. The van der Waals surface area contributed by atoms with E-state index in [1.165, 1.54) is 17.8 Å². The average molecular weight is 346 g/mol. The van der Waals surface area contributed by atoms with Crippen molar-refractivity contribution in [2.45, 2.75) is 51.1 Å². The fourth-order valence-electron chi connectivity index (χ4n) is 3.68. The summed E-state index contributed by atoms with van der Waals surface area (Å²) in [5, 5.41) is 14.2. The minimum atomic E-state index is -0.140. The second-order valence-corrected chi connectivity index (χ2v) is 7.44. The van der Waals surface area contributed by atoms with Crippen LogP contribution in [0.15, 0.2) is 11.6 Å². The van der Waals surface area contributed by atoms with Crippen LogP contribution < -0.4 is 5.32 Å². The third kappa shape index (κ3) is 2.95. The van der Waals surface area contributed by atoms with Crippen molar-refractivity contribution in [3.05, 3.63) is 23.2 Å². The molecule has 1 amide bonds. The number of hydrogen-bond donors (Lipinski definition) is 1. The third-order valence-corrected chi connectivity index (χ3v) is 5.81. The summed E-state index contributed by atoms with van der Waals surface area (Å²) < 4.78 is 2.30. The van der Waals surface area contributed by atoms with Gasteiger partial charge >= 0.3 is 0 Å². The van der Waals surface area contributed by atoms with Crippen molar-refractivity contribution >= 4 is 22.4 Å². The lowest BCUT2D eigenvalue weighted by molar-refractivity contribution is -0.121. The topological polar surface area (TPSA) is 75.9 Å². The highest BCUT2D eigenvalue weighted by Gasteiger charge is 2.31. The number of nitrogens with one attached hydrogen (secondary N) is 1. The van der Waals surface area contributed by atoms with E-state index in [0.717, 1.165) is 50.5 Å². The molecule has 0 radical (unpaired) electrons. The molecule has 0 saturated carbocycles. The first kappa shape index (κ1) is 15.7. The number of thiazole rings is 1. The number of likely N-dealkylation sites (tertiary alicyclic amines) is 1. The zero-order chi connectivity index (χ0) is 16.5. The van der Waals surface area contributed by atoms with Gasteiger partial charge in [-0.15, -0.1) is 21.5 Å². The Kier molecular flexibility index (Phi) is 4.32. The molecule has 0 aromatic carbocycles. The van der Waals surface area contributed by atoms with Crippen LogP contribution in [0.2, 0.25) is 0 Å². The van der Waals surface area contributed by atoms with Gasteiger partial charge in [0.2, 0.25) is 5.91 Å². The summed E-state index contributed by atoms with van der Waals surface area (Å²) in [6, 6.07) is -0.140. The van der Waals surface area contributed by atoms with Crippen molar-refractivity contribution in [1.82, 2.24) is 24.6 Å². The minimum absolute atomic E-state index is 0.0202. The Morgan fingerprint density at radius 1 is 1.33 bits per heavy atom. The summed E-state index contributed by atoms with van der Waals surface area (Å²) in [5.74, 6) is 2.78. The van der Waals surface area contributed by atoms with E-state index in [1.807, 2.05) is 12.3 Å². The number of piperidine rings is 1. The molecule has 1 N–H and O–H groups in total. The van der Waals surface area contributed by atoms with E-state index >= 15 is 0 Å². The fourth-order valence-corrected chi connectivity index (χ4v) is 4.21. The Morgan fingerprint density at radius 2 is 2.17 bits per heavy atom. The molecule has 2 aromatic rings. The van der Waals surface area contributed by atoms with Crippen LogP contribution in [-0.4, -0.2) is 49.7 Å². The quantitative estimate of drug-likeness (QED) is 0.915. The third-order valence-electron chi connectivity index (χ3n) is 5.12. The van der Waals surface area contributed by atoms with E-state index in [-0.39, 0.29) is 11.9 Å². The second kappa shape index (κ2) is 6.60. The second-order valence-electron chi connectivity index (χ2n) is 6.54. The lowest BCUT2D eigenvalue weighted by Crippen LogP contribution is -2.46. The first-order valence-electron chi connectivity index (χ1n) is 8.59. The molecular weight excluding hydrogens is 324 g/mol. The highest BCUT2D eigenvalue weighted by Crippen LogP contribution is 2.30. The SMILES string of the molecule is CC(C(=O)Nc1nccs1)N1CCC(c2nnc3n2CCC3)CC1. The highest BCUT2D eigenvalue weighted by atomic mass is 32.1. The summed E-state index contributed by atoms with van der Waals surface area (Å²) in [6.45, 7) is 4.86. The van der Waals surface area contributed by atoms with Crippen molar-refractivity contribution in [2.24, 2.45) is 0 Å². The van der Waals surface area contributed by atoms with Crippen molar-refractivity contribution in [1.29, 1.82) is 0 Å². The molecular formula is C16H22N6OS. The van der Waals surface area contributed by atoms with Gasteiger partial charge in [0, 0.05) is 30.5 Å². The van der Waals surface area contributed by atoms with Gasteiger partial charge in [0.15, 0.2) is 5.13 Å². The van der Waals surface area contributed by atoms with Crippen LogP contribution >= 0.6 is 11.3 Å². The van der Waals surface area contributed by atoms with E-state index < -0.39 is 0 Å². The van der Waals surface area contributed by atoms with Crippen molar-refractivity contribution < 1.29 is 4.79 Å². The molecule has 128 valence electrons. The smallest absolute Gasteiger partial charge is 0.243 e. The monoisotopic (exact) mass is 346 g/mol. The van der Waals surface area contributed by atoms with Crippen molar-refractivity contribution in [2.75, 3.05) is 18.4 Å². The molecule has 2 aliphatic rings. The van der Waals surface area contributed by atoms with E-state index in [1.54, 1.807) is 6.20 Å². The van der Waals surface area contributed by atoms with Crippen LogP contribution in [0.3, 0.4) is 0 Å². The summed E-state index contributed by atoms with van der Waals surface area (Å²) in [5.41, 5.74) is 0. The van der Waals surface area contributed by atoms with Gasteiger partial charge in [-0.1, -0.05) is 0 Å². The summed E-state index contributed by atoms with van der Waals surface area (Å²) in [4.78, 5) is 18.7. The Labute approximate surface area is 145 Å². The molecule has 7 nitrogen and oxygen atoms in total. The number of aromatic nitrogens is 4. The lowest BCUT2D eigenvalue weighted by Gasteiger charge is -2.34. The average Bonchev–Trinajstić information content (AvgIpc) is 3.32. The number of carbonyl (C=O) groups excluding carboxylic acids is 1.